The minimum atomic E-state index is 0.307. The predicted octanol–water partition coefficient (Wildman–Crippen LogP) is 3.02. The minimum absolute atomic E-state index is 0.307. The van der Waals surface area contributed by atoms with Gasteiger partial charge in [0.05, 0.1) is 5.56 Å². The largest absolute Gasteiger partial charge is 0.339 e. The summed E-state index contributed by atoms with van der Waals surface area (Å²) in [6, 6.07) is 14.9. The van der Waals surface area contributed by atoms with Crippen molar-refractivity contribution in [3.05, 3.63) is 53.7 Å². The second-order valence-corrected chi connectivity index (χ2v) is 6.69. The van der Waals surface area contributed by atoms with Gasteiger partial charge >= 0.3 is 0 Å². The lowest BCUT2D eigenvalue weighted by atomic mass is 10.0. The predicted molar refractivity (Wildman–Crippen MR) is 98.7 cm³/mol. The summed E-state index contributed by atoms with van der Waals surface area (Å²) in [5.74, 6) is 0. The third kappa shape index (κ3) is 3.14. The lowest BCUT2D eigenvalue weighted by Gasteiger charge is -2.30. The lowest BCUT2D eigenvalue weighted by molar-refractivity contribution is 0.206. The van der Waals surface area contributed by atoms with Gasteiger partial charge in [0.25, 0.3) is 0 Å². The first-order valence-corrected chi connectivity index (χ1v) is 8.68. The van der Waals surface area contributed by atoms with E-state index >= 15 is 0 Å². The first kappa shape index (κ1) is 15.8. The van der Waals surface area contributed by atoms with Crippen molar-refractivity contribution in [1.29, 1.82) is 5.26 Å². The van der Waals surface area contributed by atoms with Crippen LogP contribution in [0.1, 0.15) is 24.0 Å². The topological polar surface area (TPSA) is 81.7 Å². The minimum Gasteiger partial charge on any atom is -0.339 e. The molecule has 4 rings (SSSR count). The molecule has 3 aromatic rings. The Labute approximate surface area is 147 Å². The average Bonchev–Trinajstić information content (AvgIpc) is 3.09. The number of nitriles is 1. The Morgan fingerprint density at radius 1 is 1.24 bits per heavy atom. The fraction of sp³-hybridized carbons (Fsp3) is 0.300. The Hall–Kier alpha value is -2.68. The standard InChI is InChI=1S/C20H21N5/c21-11-15-12-23-20-17(10-19(24-20)14-4-2-1-3-5-14)18(15)13-25-8-6-16(22)7-9-25/h1-5,10,12,16H,6-9,13,22H2,(H,23,24). The zero-order valence-corrected chi connectivity index (χ0v) is 14.1. The smallest absolute Gasteiger partial charge is 0.138 e. The molecule has 2 aromatic heterocycles. The highest BCUT2D eigenvalue weighted by atomic mass is 15.1. The SMILES string of the molecule is N#Cc1cnc2[nH]c(-c3ccccc3)cc2c1CN1CCC(N)CC1. The Morgan fingerprint density at radius 3 is 2.72 bits per heavy atom. The van der Waals surface area contributed by atoms with Gasteiger partial charge in [0.15, 0.2) is 0 Å². The van der Waals surface area contributed by atoms with Crippen molar-refractivity contribution in [3.63, 3.8) is 0 Å². The third-order valence-electron chi connectivity index (χ3n) is 4.99. The molecule has 5 nitrogen and oxygen atoms in total. The number of aromatic amines is 1. The quantitative estimate of drug-likeness (QED) is 0.773. The first-order chi connectivity index (χ1) is 12.2. The molecule has 0 aliphatic carbocycles. The number of likely N-dealkylation sites (tertiary alicyclic amines) is 1. The second kappa shape index (κ2) is 6.67. The molecular weight excluding hydrogens is 310 g/mol. The van der Waals surface area contributed by atoms with E-state index < -0.39 is 0 Å². The zero-order chi connectivity index (χ0) is 17.2. The molecule has 25 heavy (non-hydrogen) atoms. The van der Waals surface area contributed by atoms with Crippen molar-refractivity contribution < 1.29 is 0 Å². The van der Waals surface area contributed by atoms with Gasteiger partial charge in [-0.1, -0.05) is 30.3 Å². The van der Waals surface area contributed by atoms with Gasteiger partial charge in [-0.15, -0.1) is 0 Å². The van der Waals surface area contributed by atoms with E-state index in [9.17, 15) is 5.26 Å². The Bertz CT molecular complexity index is 914. The highest BCUT2D eigenvalue weighted by molar-refractivity contribution is 5.87. The number of nitrogens with one attached hydrogen (secondary N) is 1. The van der Waals surface area contributed by atoms with Crippen LogP contribution in [0, 0.1) is 11.3 Å². The fourth-order valence-corrected chi connectivity index (χ4v) is 3.50. The molecule has 1 aliphatic rings. The van der Waals surface area contributed by atoms with Crippen LogP contribution in [0.2, 0.25) is 0 Å². The molecule has 0 unspecified atom stereocenters. The molecule has 5 heteroatoms. The molecular formula is C20H21N5. The van der Waals surface area contributed by atoms with Crippen molar-refractivity contribution in [2.24, 2.45) is 5.73 Å². The van der Waals surface area contributed by atoms with Crippen LogP contribution in [0.5, 0.6) is 0 Å². The summed E-state index contributed by atoms with van der Waals surface area (Å²) in [6.45, 7) is 2.72. The van der Waals surface area contributed by atoms with E-state index in [1.165, 1.54) is 0 Å². The zero-order valence-electron chi connectivity index (χ0n) is 14.1. The van der Waals surface area contributed by atoms with Crippen LogP contribution in [0.4, 0.5) is 0 Å². The summed E-state index contributed by atoms with van der Waals surface area (Å²) in [5, 5.41) is 10.6. The maximum absolute atomic E-state index is 9.53. The Morgan fingerprint density at radius 2 is 2.00 bits per heavy atom. The number of fused-ring (bicyclic) bond motifs is 1. The molecule has 1 fully saturated rings. The van der Waals surface area contributed by atoms with Gasteiger partial charge in [0, 0.05) is 29.9 Å². The van der Waals surface area contributed by atoms with E-state index in [0.717, 1.165) is 60.3 Å². The van der Waals surface area contributed by atoms with Gasteiger partial charge < -0.3 is 10.7 Å². The van der Waals surface area contributed by atoms with Crippen LogP contribution in [0.25, 0.3) is 22.3 Å². The molecule has 3 heterocycles. The van der Waals surface area contributed by atoms with E-state index in [1.807, 2.05) is 18.2 Å². The summed E-state index contributed by atoms with van der Waals surface area (Å²) in [4.78, 5) is 10.2. The number of rotatable bonds is 3. The van der Waals surface area contributed by atoms with Crippen molar-refractivity contribution in [3.8, 4) is 17.3 Å². The highest BCUT2D eigenvalue weighted by Crippen LogP contribution is 2.28. The molecule has 0 spiro atoms. The van der Waals surface area contributed by atoms with Crippen LogP contribution in [-0.4, -0.2) is 34.0 Å². The summed E-state index contributed by atoms with van der Waals surface area (Å²) >= 11 is 0. The van der Waals surface area contributed by atoms with E-state index in [2.05, 4.69) is 39.1 Å². The number of hydrogen-bond donors (Lipinski definition) is 2. The van der Waals surface area contributed by atoms with Crippen LogP contribution in [-0.2, 0) is 6.54 Å². The number of nitrogens with zero attached hydrogens (tertiary/aromatic N) is 3. The van der Waals surface area contributed by atoms with Crippen LogP contribution < -0.4 is 5.73 Å². The number of piperidine rings is 1. The summed E-state index contributed by atoms with van der Waals surface area (Å²) in [6.07, 6.45) is 3.70. The van der Waals surface area contributed by atoms with Crippen LogP contribution in [0.3, 0.4) is 0 Å². The molecule has 0 radical (unpaired) electrons. The molecule has 0 saturated carbocycles. The van der Waals surface area contributed by atoms with Crippen molar-refractivity contribution in [1.82, 2.24) is 14.9 Å². The van der Waals surface area contributed by atoms with Crippen molar-refractivity contribution in [2.45, 2.75) is 25.4 Å². The molecule has 1 aliphatic heterocycles. The first-order valence-electron chi connectivity index (χ1n) is 8.68. The molecule has 0 bridgehead atoms. The van der Waals surface area contributed by atoms with Gasteiger partial charge in [0.1, 0.15) is 11.7 Å². The van der Waals surface area contributed by atoms with E-state index in [0.29, 0.717) is 11.6 Å². The summed E-state index contributed by atoms with van der Waals surface area (Å²) < 4.78 is 0. The highest BCUT2D eigenvalue weighted by Gasteiger charge is 2.19. The average molecular weight is 331 g/mol. The maximum atomic E-state index is 9.53. The number of nitrogens with two attached hydrogens (primary N) is 1. The molecule has 1 saturated heterocycles. The maximum Gasteiger partial charge on any atom is 0.138 e. The summed E-state index contributed by atoms with van der Waals surface area (Å²) in [7, 11) is 0. The normalized spacial score (nSPS) is 16.2. The van der Waals surface area contributed by atoms with Gasteiger partial charge in [-0.3, -0.25) is 4.90 Å². The summed E-state index contributed by atoms with van der Waals surface area (Å²) in [5.41, 5.74) is 10.7. The molecule has 1 aromatic carbocycles. The van der Waals surface area contributed by atoms with Crippen LogP contribution in [0.15, 0.2) is 42.6 Å². The second-order valence-electron chi connectivity index (χ2n) is 6.69. The number of hydrogen-bond acceptors (Lipinski definition) is 4. The van der Waals surface area contributed by atoms with Gasteiger partial charge in [-0.25, -0.2) is 4.98 Å². The van der Waals surface area contributed by atoms with Gasteiger partial charge in [-0.2, -0.15) is 5.26 Å². The van der Waals surface area contributed by atoms with E-state index in [1.54, 1.807) is 6.20 Å². The van der Waals surface area contributed by atoms with Gasteiger partial charge in [0.2, 0.25) is 0 Å². The lowest BCUT2D eigenvalue weighted by Crippen LogP contribution is -2.39. The van der Waals surface area contributed by atoms with E-state index in [-0.39, 0.29) is 0 Å². The number of pyridine rings is 1. The van der Waals surface area contributed by atoms with Gasteiger partial charge in [-0.05, 0) is 43.1 Å². The van der Waals surface area contributed by atoms with Crippen molar-refractivity contribution in [2.75, 3.05) is 13.1 Å². The van der Waals surface area contributed by atoms with Crippen molar-refractivity contribution >= 4 is 11.0 Å². The molecule has 0 atom stereocenters. The number of aromatic nitrogens is 2. The Kier molecular flexibility index (Phi) is 4.22. The third-order valence-corrected chi connectivity index (χ3v) is 4.99. The molecule has 0 amide bonds. The molecule has 126 valence electrons. The van der Waals surface area contributed by atoms with Crippen LogP contribution >= 0.6 is 0 Å². The number of benzene rings is 1. The Balaban J connectivity index is 1.73. The number of H-pyrrole nitrogens is 1. The fourth-order valence-electron chi connectivity index (χ4n) is 3.50. The molecule has 3 N–H and O–H groups in total. The van der Waals surface area contributed by atoms with E-state index in [4.69, 9.17) is 5.73 Å². The monoisotopic (exact) mass is 331 g/mol.